The van der Waals surface area contributed by atoms with Crippen molar-refractivity contribution in [2.45, 2.75) is 24.2 Å². The molecule has 11 heteroatoms. The summed E-state index contributed by atoms with van der Waals surface area (Å²) >= 11 is 2.80. The third-order valence-corrected chi connectivity index (χ3v) is 6.69. The van der Waals surface area contributed by atoms with Crippen LogP contribution in [-0.2, 0) is 9.53 Å². The maximum absolute atomic E-state index is 12.9. The lowest BCUT2D eigenvalue weighted by Crippen LogP contribution is -2.49. The predicted molar refractivity (Wildman–Crippen MR) is 120 cm³/mol. The van der Waals surface area contributed by atoms with Gasteiger partial charge in [-0.1, -0.05) is 35.2 Å². The smallest absolute Gasteiger partial charge is 0.338 e. The second-order valence-electron chi connectivity index (χ2n) is 7.18. The second-order valence-corrected chi connectivity index (χ2v) is 9.36. The molecular formula is C20H25N5O4S2. The molecule has 1 fully saturated rings. The highest BCUT2D eigenvalue weighted by atomic mass is 32.2. The van der Waals surface area contributed by atoms with Crippen molar-refractivity contribution in [1.82, 2.24) is 20.4 Å². The highest BCUT2D eigenvalue weighted by Gasteiger charge is 2.27. The van der Waals surface area contributed by atoms with Crippen molar-refractivity contribution in [3.63, 3.8) is 0 Å². The van der Waals surface area contributed by atoms with Crippen LogP contribution in [0, 0.1) is 0 Å². The number of aromatic nitrogens is 2. The number of rotatable bonds is 7. The van der Waals surface area contributed by atoms with Crippen LogP contribution in [0.15, 0.2) is 28.6 Å². The zero-order valence-electron chi connectivity index (χ0n) is 17.7. The Morgan fingerprint density at radius 1 is 1.13 bits per heavy atom. The molecule has 1 aliphatic heterocycles. The number of nitrogens with zero attached hydrogens (tertiary/aromatic N) is 4. The van der Waals surface area contributed by atoms with E-state index in [4.69, 9.17) is 4.74 Å². The number of hydrogen-bond donors (Lipinski definition) is 1. The van der Waals surface area contributed by atoms with Crippen molar-refractivity contribution in [3.05, 3.63) is 35.4 Å². The molecule has 0 unspecified atom stereocenters. The van der Waals surface area contributed by atoms with Gasteiger partial charge in [-0.05, 0) is 26.0 Å². The monoisotopic (exact) mass is 463 g/mol. The molecule has 0 bridgehead atoms. The van der Waals surface area contributed by atoms with Gasteiger partial charge in [0.15, 0.2) is 4.34 Å². The number of esters is 1. The van der Waals surface area contributed by atoms with Gasteiger partial charge < -0.3 is 19.9 Å². The fourth-order valence-corrected chi connectivity index (χ4v) is 4.81. The van der Waals surface area contributed by atoms with E-state index in [-0.39, 0.29) is 23.4 Å². The van der Waals surface area contributed by atoms with E-state index in [0.717, 1.165) is 9.47 Å². The molecule has 0 aliphatic carbocycles. The van der Waals surface area contributed by atoms with E-state index in [1.54, 1.807) is 29.2 Å². The topological polar surface area (TPSA) is 105 Å². The molecule has 1 aromatic carbocycles. The first-order valence-electron chi connectivity index (χ1n) is 9.86. The van der Waals surface area contributed by atoms with Crippen LogP contribution in [0.2, 0.25) is 0 Å². The van der Waals surface area contributed by atoms with Gasteiger partial charge in [0.25, 0.3) is 5.91 Å². The minimum absolute atomic E-state index is 0.0314. The van der Waals surface area contributed by atoms with E-state index in [2.05, 4.69) is 20.4 Å². The van der Waals surface area contributed by atoms with E-state index < -0.39 is 5.97 Å². The minimum Gasteiger partial charge on any atom is -0.465 e. The van der Waals surface area contributed by atoms with E-state index in [1.165, 1.54) is 30.2 Å². The number of methoxy groups -OCH3 is 1. The highest BCUT2D eigenvalue weighted by molar-refractivity contribution is 8.01. The number of hydrogen-bond acceptors (Lipinski definition) is 9. The number of ether oxygens (including phenoxy) is 1. The van der Waals surface area contributed by atoms with Crippen LogP contribution >= 0.6 is 23.1 Å². The number of benzene rings is 1. The summed E-state index contributed by atoms with van der Waals surface area (Å²) in [6, 6.07) is 6.79. The average molecular weight is 464 g/mol. The number of amides is 2. The maximum atomic E-state index is 12.9. The lowest BCUT2D eigenvalue weighted by Gasteiger charge is -2.34. The third-order valence-electron chi connectivity index (χ3n) is 4.57. The van der Waals surface area contributed by atoms with Crippen molar-refractivity contribution in [2.75, 3.05) is 43.9 Å². The van der Waals surface area contributed by atoms with Gasteiger partial charge in [0.05, 0.1) is 24.0 Å². The summed E-state index contributed by atoms with van der Waals surface area (Å²) in [5, 5.41) is 12.0. The first-order chi connectivity index (χ1) is 14.9. The summed E-state index contributed by atoms with van der Waals surface area (Å²) in [6.07, 6.45) is 0. The first kappa shape index (κ1) is 23.0. The lowest BCUT2D eigenvalue weighted by molar-refractivity contribution is -0.119. The number of anilines is 1. The van der Waals surface area contributed by atoms with Gasteiger partial charge in [0, 0.05) is 32.2 Å². The fourth-order valence-electron chi connectivity index (χ4n) is 3.11. The molecule has 1 N–H and O–H groups in total. The summed E-state index contributed by atoms with van der Waals surface area (Å²) in [6.45, 7) is 6.08. The molecule has 0 radical (unpaired) electrons. The van der Waals surface area contributed by atoms with Gasteiger partial charge in [0.1, 0.15) is 0 Å². The van der Waals surface area contributed by atoms with Gasteiger partial charge in [-0.25, -0.2) is 4.79 Å². The van der Waals surface area contributed by atoms with E-state index in [1.807, 2.05) is 13.8 Å². The van der Waals surface area contributed by atoms with Crippen LogP contribution < -0.4 is 10.2 Å². The Bertz CT molecular complexity index is 941. The molecule has 2 aromatic rings. The number of nitrogens with one attached hydrogen (secondary N) is 1. The molecule has 9 nitrogen and oxygen atoms in total. The molecule has 0 saturated carbocycles. The van der Waals surface area contributed by atoms with Crippen LogP contribution in [0.1, 0.15) is 34.6 Å². The summed E-state index contributed by atoms with van der Waals surface area (Å²) in [7, 11) is 1.30. The Labute approximate surface area is 189 Å². The second kappa shape index (κ2) is 10.6. The summed E-state index contributed by atoms with van der Waals surface area (Å²) in [4.78, 5) is 40.5. The molecule has 0 spiro atoms. The molecule has 1 aliphatic rings. The Hall–Kier alpha value is -2.66. The Kier molecular flexibility index (Phi) is 7.85. The van der Waals surface area contributed by atoms with E-state index >= 15 is 0 Å². The molecule has 2 amide bonds. The fraction of sp³-hybridized carbons (Fsp3) is 0.450. The molecule has 31 heavy (non-hydrogen) atoms. The molecular weight excluding hydrogens is 438 g/mol. The van der Waals surface area contributed by atoms with E-state index in [9.17, 15) is 14.4 Å². The lowest BCUT2D eigenvalue weighted by atomic mass is 10.1. The molecule has 0 atom stereocenters. The van der Waals surface area contributed by atoms with Gasteiger partial charge in [-0.3, -0.25) is 9.59 Å². The quantitative estimate of drug-likeness (QED) is 0.490. The molecule has 2 heterocycles. The van der Waals surface area contributed by atoms with Gasteiger partial charge >= 0.3 is 5.97 Å². The maximum Gasteiger partial charge on any atom is 0.338 e. The highest BCUT2D eigenvalue weighted by Crippen LogP contribution is 2.28. The van der Waals surface area contributed by atoms with Crippen molar-refractivity contribution in [3.8, 4) is 0 Å². The largest absolute Gasteiger partial charge is 0.465 e. The Balaban J connectivity index is 1.56. The summed E-state index contributed by atoms with van der Waals surface area (Å²) in [5.41, 5.74) is 0.613. The molecule has 1 aromatic heterocycles. The third kappa shape index (κ3) is 5.95. The molecule has 166 valence electrons. The van der Waals surface area contributed by atoms with Crippen molar-refractivity contribution < 1.29 is 19.1 Å². The van der Waals surface area contributed by atoms with Crippen molar-refractivity contribution in [2.24, 2.45) is 0 Å². The van der Waals surface area contributed by atoms with E-state index in [0.29, 0.717) is 37.5 Å². The molecule has 3 rings (SSSR count). The Morgan fingerprint density at radius 2 is 1.81 bits per heavy atom. The van der Waals surface area contributed by atoms with Crippen LogP contribution in [-0.4, -0.2) is 78.0 Å². The normalized spacial score (nSPS) is 13.9. The summed E-state index contributed by atoms with van der Waals surface area (Å²) in [5.74, 6) is -0.445. The number of carbonyl (C=O) groups is 3. The predicted octanol–water partition coefficient (Wildman–Crippen LogP) is 1.90. The standard InChI is InChI=1S/C20H25N5O4S2/c1-13(2)21-16(26)12-30-20-23-22-19(31-20)25-10-8-24(9-11-25)17(27)14-6-4-5-7-15(14)18(28)29-3/h4-7,13H,8-12H2,1-3H3,(H,21,26). The zero-order chi connectivity index (χ0) is 22.4. The van der Waals surface area contributed by atoms with Crippen molar-refractivity contribution >= 4 is 46.0 Å². The van der Waals surface area contributed by atoms with Crippen LogP contribution in [0.3, 0.4) is 0 Å². The number of piperazine rings is 1. The van der Waals surface area contributed by atoms with Gasteiger partial charge in [-0.15, -0.1) is 10.2 Å². The SMILES string of the molecule is COC(=O)c1ccccc1C(=O)N1CCN(c2nnc(SCC(=O)NC(C)C)s2)CC1. The number of thioether (sulfide) groups is 1. The first-order valence-corrected chi connectivity index (χ1v) is 11.7. The Morgan fingerprint density at radius 3 is 2.45 bits per heavy atom. The summed E-state index contributed by atoms with van der Waals surface area (Å²) < 4.78 is 5.52. The molecule has 1 saturated heterocycles. The van der Waals surface area contributed by atoms with Gasteiger partial charge in [0.2, 0.25) is 11.0 Å². The zero-order valence-corrected chi connectivity index (χ0v) is 19.3. The van der Waals surface area contributed by atoms with Crippen LogP contribution in [0.4, 0.5) is 5.13 Å². The average Bonchev–Trinajstić information content (AvgIpc) is 3.25. The van der Waals surface area contributed by atoms with Crippen molar-refractivity contribution in [1.29, 1.82) is 0 Å². The van der Waals surface area contributed by atoms with Crippen LogP contribution in [0.25, 0.3) is 0 Å². The minimum atomic E-state index is -0.524. The number of carbonyl (C=O) groups excluding carboxylic acids is 3. The van der Waals surface area contributed by atoms with Crippen LogP contribution in [0.5, 0.6) is 0 Å². The van der Waals surface area contributed by atoms with Gasteiger partial charge in [-0.2, -0.15) is 0 Å².